The van der Waals surface area contributed by atoms with E-state index in [1.807, 2.05) is 4.90 Å². The highest BCUT2D eigenvalue weighted by molar-refractivity contribution is 6.34. The van der Waals surface area contributed by atoms with Crippen LogP contribution in [0.5, 0.6) is 0 Å². The van der Waals surface area contributed by atoms with E-state index in [1.54, 1.807) is 25.1 Å². The van der Waals surface area contributed by atoms with Crippen LogP contribution in [0.15, 0.2) is 40.5 Å². The first-order valence-corrected chi connectivity index (χ1v) is 10.4. The van der Waals surface area contributed by atoms with Crippen LogP contribution in [-0.2, 0) is 9.53 Å². The topological polar surface area (TPSA) is 111 Å². The van der Waals surface area contributed by atoms with Crippen molar-refractivity contribution in [3.8, 4) is 0 Å². The van der Waals surface area contributed by atoms with Crippen molar-refractivity contribution in [1.82, 2.24) is 4.90 Å². The Morgan fingerprint density at radius 2 is 1.87 bits per heavy atom. The first-order valence-electron chi connectivity index (χ1n) is 9.98. The Hall–Kier alpha value is -2.52. The monoisotopic (exact) mass is 456 g/mol. The van der Waals surface area contributed by atoms with E-state index in [-0.39, 0.29) is 60.2 Å². The van der Waals surface area contributed by atoms with Crippen LogP contribution in [0.3, 0.4) is 0 Å². The average Bonchev–Trinajstić information content (AvgIpc) is 2.73. The molecule has 1 saturated heterocycles. The van der Waals surface area contributed by atoms with Gasteiger partial charge in [-0.1, -0.05) is 30.7 Å². The van der Waals surface area contributed by atoms with Crippen molar-refractivity contribution < 1.29 is 23.1 Å². The van der Waals surface area contributed by atoms with Gasteiger partial charge in [-0.2, -0.15) is 0 Å². The normalized spacial score (nSPS) is 17.7. The minimum absolute atomic E-state index is 0.0976. The second kappa shape index (κ2) is 11.2. The average molecular weight is 457 g/mol. The molecule has 0 saturated carbocycles. The Balaban J connectivity index is 1.97. The molecule has 1 fully saturated rings. The summed E-state index contributed by atoms with van der Waals surface area (Å²) in [7, 11) is 0. The third-order valence-electron chi connectivity index (χ3n) is 4.96. The van der Waals surface area contributed by atoms with Gasteiger partial charge in [0, 0.05) is 43.7 Å². The third-order valence-corrected chi connectivity index (χ3v) is 5.29. The highest BCUT2D eigenvalue weighted by atomic mass is 35.5. The van der Waals surface area contributed by atoms with Gasteiger partial charge in [0.05, 0.1) is 11.6 Å². The molecule has 31 heavy (non-hydrogen) atoms. The number of hydrogen-bond donors (Lipinski definition) is 2. The summed E-state index contributed by atoms with van der Waals surface area (Å²) >= 11 is 5.98. The van der Waals surface area contributed by atoms with Crippen molar-refractivity contribution in [2.45, 2.75) is 32.1 Å². The molecule has 10 heteroatoms. The number of likely N-dealkylation sites (tertiary alicyclic amines) is 1. The predicted octanol–water partition coefficient (Wildman–Crippen LogP) is 2.78. The van der Waals surface area contributed by atoms with Gasteiger partial charge in [-0.05, 0) is 18.6 Å². The number of benzene rings is 1. The number of alkyl halides is 2. The molecule has 170 valence electrons. The molecule has 1 aromatic rings. The van der Waals surface area contributed by atoms with Crippen molar-refractivity contribution in [3.63, 3.8) is 0 Å². The number of ketones is 1. The van der Waals surface area contributed by atoms with Gasteiger partial charge in [0.25, 0.3) is 5.92 Å². The number of nitrogens with zero attached hydrogens (tertiary/aromatic N) is 2. The summed E-state index contributed by atoms with van der Waals surface area (Å²) in [5.74, 6) is -4.06. The fourth-order valence-electron chi connectivity index (χ4n) is 3.04. The number of Topliss-reactive ketones (excluding diaryl/α,β-unsaturated/α-hetero) is 1. The summed E-state index contributed by atoms with van der Waals surface area (Å²) in [6, 6.07) is 6.42. The van der Waals surface area contributed by atoms with Crippen molar-refractivity contribution in [2.24, 2.45) is 16.5 Å². The smallest absolute Gasteiger partial charge is 0.344 e. The lowest BCUT2D eigenvalue weighted by Crippen LogP contribution is -2.40. The van der Waals surface area contributed by atoms with E-state index in [2.05, 4.69) is 4.99 Å². The molecule has 1 aliphatic heterocycles. The number of ether oxygens (including phenoxy) is 1. The third kappa shape index (κ3) is 7.29. The molecule has 2 rings (SSSR count). The first-order chi connectivity index (χ1) is 14.6. The standard InChI is InChI=1S/C21H27ClF2N4O3/c1-2-16(25)18(19(26)27-9-12-28-10-7-21(23,24)8-11-28)20(30)31-13-17(29)14-5-3-4-6-15(14)22/h3-6H,2,7-13,25H2,1H3,(H2,26,27)/b18-16+. The van der Waals surface area contributed by atoms with Crippen molar-refractivity contribution >= 4 is 29.2 Å². The Bertz CT molecular complexity index is 864. The van der Waals surface area contributed by atoms with Gasteiger partial charge in [0.1, 0.15) is 11.4 Å². The van der Waals surface area contributed by atoms with E-state index < -0.39 is 24.3 Å². The molecule has 0 amide bonds. The van der Waals surface area contributed by atoms with Crippen LogP contribution in [0.4, 0.5) is 8.78 Å². The Morgan fingerprint density at radius 3 is 2.48 bits per heavy atom. The van der Waals surface area contributed by atoms with Crippen LogP contribution >= 0.6 is 11.6 Å². The number of carbonyl (C=O) groups excluding carboxylic acids is 2. The number of rotatable bonds is 9. The number of esters is 1. The van der Waals surface area contributed by atoms with E-state index >= 15 is 0 Å². The largest absolute Gasteiger partial charge is 0.454 e. The quantitative estimate of drug-likeness (QED) is 0.194. The van der Waals surface area contributed by atoms with Crippen LogP contribution < -0.4 is 11.5 Å². The van der Waals surface area contributed by atoms with E-state index in [4.69, 9.17) is 27.8 Å². The molecular weight excluding hydrogens is 430 g/mol. The maximum Gasteiger partial charge on any atom is 0.344 e. The number of piperidine rings is 1. The number of halogens is 3. The summed E-state index contributed by atoms with van der Waals surface area (Å²) in [4.78, 5) is 30.8. The molecule has 4 N–H and O–H groups in total. The SMILES string of the molecule is CC/C(N)=C(\C(=O)OCC(=O)c1ccccc1Cl)C(N)=NCCN1CCC(F)(F)CC1. The van der Waals surface area contributed by atoms with Crippen LogP contribution in [0.25, 0.3) is 0 Å². The summed E-state index contributed by atoms with van der Waals surface area (Å²) in [5, 5.41) is 0.254. The summed E-state index contributed by atoms with van der Waals surface area (Å²) in [6.45, 7) is 2.39. The highest BCUT2D eigenvalue weighted by Gasteiger charge is 2.33. The van der Waals surface area contributed by atoms with Gasteiger partial charge < -0.3 is 21.1 Å². The van der Waals surface area contributed by atoms with Gasteiger partial charge in [-0.3, -0.25) is 9.79 Å². The van der Waals surface area contributed by atoms with E-state index in [9.17, 15) is 18.4 Å². The lowest BCUT2D eigenvalue weighted by Gasteiger charge is -2.31. The zero-order chi connectivity index (χ0) is 23.0. The second-order valence-electron chi connectivity index (χ2n) is 7.20. The fourth-order valence-corrected chi connectivity index (χ4v) is 3.28. The number of hydrogen-bond acceptors (Lipinski definition) is 6. The molecule has 7 nitrogen and oxygen atoms in total. The first kappa shape index (κ1) is 24.7. The zero-order valence-corrected chi connectivity index (χ0v) is 18.1. The van der Waals surface area contributed by atoms with Gasteiger partial charge in [0.15, 0.2) is 6.61 Å². The second-order valence-corrected chi connectivity index (χ2v) is 7.60. The van der Waals surface area contributed by atoms with Crippen LogP contribution in [0, 0.1) is 0 Å². The van der Waals surface area contributed by atoms with E-state index in [1.165, 1.54) is 6.07 Å². The molecule has 0 atom stereocenters. The number of carbonyl (C=O) groups is 2. The van der Waals surface area contributed by atoms with Gasteiger partial charge in [-0.15, -0.1) is 0 Å². The maximum atomic E-state index is 13.2. The number of allylic oxidation sites excluding steroid dienone is 1. The van der Waals surface area contributed by atoms with Crippen LogP contribution in [0.2, 0.25) is 5.02 Å². The predicted molar refractivity (Wildman–Crippen MR) is 115 cm³/mol. The van der Waals surface area contributed by atoms with Gasteiger partial charge in [-0.25, -0.2) is 13.6 Å². The molecular formula is C21H27ClF2N4O3. The molecule has 1 heterocycles. The Labute approximate surface area is 185 Å². The zero-order valence-electron chi connectivity index (χ0n) is 17.4. The molecule has 0 aromatic heterocycles. The van der Waals surface area contributed by atoms with Crippen LogP contribution in [-0.4, -0.2) is 61.2 Å². The number of amidine groups is 1. The Morgan fingerprint density at radius 1 is 1.23 bits per heavy atom. The fraction of sp³-hybridized carbons (Fsp3) is 0.476. The van der Waals surface area contributed by atoms with Crippen LogP contribution in [0.1, 0.15) is 36.5 Å². The maximum absolute atomic E-state index is 13.2. The molecule has 0 spiro atoms. The lowest BCUT2D eigenvalue weighted by atomic mass is 10.1. The minimum atomic E-state index is -2.62. The van der Waals surface area contributed by atoms with Crippen molar-refractivity contribution in [1.29, 1.82) is 0 Å². The molecule has 1 aromatic carbocycles. The summed E-state index contributed by atoms with van der Waals surface area (Å²) in [6.07, 6.45) is -0.0574. The van der Waals surface area contributed by atoms with Crippen molar-refractivity contribution in [2.75, 3.05) is 32.8 Å². The number of aliphatic imine (C=N–C) groups is 1. The van der Waals surface area contributed by atoms with Gasteiger partial charge in [0.2, 0.25) is 5.78 Å². The van der Waals surface area contributed by atoms with E-state index in [0.29, 0.717) is 13.0 Å². The number of nitrogens with two attached hydrogens (primary N) is 2. The van der Waals surface area contributed by atoms with Crippen molar-refractivity contribution in [3.05, 3.63) is 46.1 Å². The van der Waals surface area contributed by atoms with Gasteiger partial charge >= 0.3 is 5.97 Å². The molecule has 0 aliphatic carbocycles. The summed E-state index contributed by atoms with van der Waals surface area (Å²) < 4.78 is 31.6. The highest BCUT2D eigenvalue weighted by Crippen LogP contribution is 2.27. The molecule has 1 aliphatic rings. The Kier molecular flexibility index (Phi) is 8.94. The molecule has 0 bridgehead atoms. The minimum Gasteiger partial charge on any atom is -0.454 e. The molecule has 0 unspecified atom stereocenters. The summed E-state index contributed by atoms with van der Waals surface area (Å²) in [5.41, 5.74) is 12.2. The van der Waals surface area contributed by atoms with E-state index in [0.717, 1.165) is 0 Å². The molecule has 0 radical (unpaired) electrons. The lowest BCUT2D eigenvalue weighted by molar-refractivity contribution is -0.137.